The predicted molar refractivity (Wildman–Crippen MR) is 150 cm³/mol. The van der Waals surface area contributed by atoms with E-state index in [1.807, 2.05) is 6.07 Å². The summed E-state index contributed by atoms with van der Waals surface area (Å²) in [6.45, 7) is 0.398. The zero-order valence-electron chi connectivity index (χ0n) is 21.7. The van der Waals surface area contributed by atoms with E-state index in [0.717, 1.165) is 41.1 Å². The third-order valence-electron chi connectivity index (χ3n) is 6.51. The third-order valence-corrected chi connectivity index (χ3v) is 7.37. The highest BCUT2D eigenvalue weighted by atomic mass is 32.2. The zero-order valence-corrected chi connectivity index (χ0v) is 22.5. The van der Waals surface area contributed by atoms with Crippen molar-refractivity contribution in [2.75, 3.05) is 10.0 Å². The van der Waals surface area contributed by atoms with E-state index < -0.39 is 33.7 Å². The maximum absolute atomic E-state index is 12.5. The first-order chi connectivity index (χ1) is 20.2. The van der Waals surface area contributed by atoms with Crippen molar-refractivity contribution in [2.24, 2.45) is 4.40 Å². The van der Waals surface area contributed by atoms with E-state index in [1.165, 1.54) is 30.5 Å². The lowest BCUT2D eigenvalue weighted by atomic mass is 10.00. The number of anilines is 2. The largest absolute Gasteiger partial charge is 0.416 e. The summed E-state index contributed by atoms with van der Waals surface area (Å²) < 4.78 is 103. The molecular formula is C29H20F6N4O3S. The molecule has 2 heterocycles. The number of carbonyl (C=O) groups excluding carboxylic acids is 1. The number of nitrogens with zero attached hydrogens (tertiary/aromatic N) is 1. The second kappa shape index (κ2) is 11.1. The van der Waals surface area contributed by atoms with Gasteiger partial charge in [-0.15, -0.1) is 0 Å². The number of nitrogens with one attached hydrogen (secondary N) is 3. The molecule has 0 fully saturated rings. The van der Waals surface area contributed by atoms with Crippen molar-refractivity contribution < 1.29 is 39.6 Å². The van der Waals surface area contributed by atoms with Crippen LogP contribution in [-0.4, -0.2) is 20.7 Å². The number of alkyl halides is 6. The Kier molecular flexibility index (Phi) is 7.65. The standard InChI is InChI=1S/C15H11F3N2O.C14H9F3N2O2S/c16-15(17,18)12-4-1-9(2-5-12)10-3-6-13-11(7-10)8-19-14(21)20-13;15-14(16,17)12-4-1-9(2-5-12)10-3-6-13-11(7-10)8-18-22(20,21)19-13/h1-7H,8H2,(H2,19,20,21);1-8,19H. The molecule has 7 nitrogen and oxygen atoms in total. The van der Waals surface area contributed by atoms with Gasteiger partial charge in [0.25, 0.3) is 0 Å². The molecule has 43 heavy (non-hydrogen) atoms. The average Bonchev–Trinajstić information content (AvgIpc) is 2.96. The van der Waals surface area contributed by atoms with Gasteiger partial charge < -0.3 is 10.6 Å². The van der Waals surface area contributed by atoms with Crippen molar-refractivity contribution in [1.82, 2.24) is 5.32 Å². The lowest BCUT2D eigenvalue weighted by Crippen LogP contribution is -2.33. The third kappa shape index (κ3) is 6.97. The van der Waals surface area contributed by atoms with Gasteiger partial charge in [0, 0.05) is 17.8 Å². The number of carbonyl (C=O) groups is 1. The highest BCUT2D eigenvalue weighted by Gasteiger charge is 2.31. The number of halogens is 6. The van der Waals surface area contributed by atoms with Gasteiger partial charge in [0.05, 0.1) is 23.0 Å². The van der Waals surface area contributed by atoms with E-state index in [2.05, 4.69) is 19.8 Å². The second-order valence-electron chi connectivity index (χ2n) is 9.44. The van der Waals surface area contributed by atoms with Gasteiger partial charge in [-0.2, -0.15) is 39.2 Å². The molecule has 0 atom stereocenters. The average molecular weight is 619 g/mol. The first kappa shape index (κ1) is 29.6. The summed E-state index contributed by atoms with van der Waals surface area (Å²) in [5.41, 5.74) is 3.92. The number of hydrogen-bond donors (Lipinski definition) is 3. The van der Waals surface area contributed by atoms with Gasteiger partial charge in [-0.05, 0) is 76.3 Å². The van der Waals surface area contributed by atoms with E-state index >= 15 is 0 Å². The number of fused-ring (bicyclic) bond motifs is 2. The minimum absolute atomic E-state index is 0.259. The Labute approximate surface area is 241 Å². The molecule has 0 bridgehead atoms. The summed E-state index contributed by atoms with van der Waals surface area (Å²) in [4.78, 5) is 11.2. The molecule has 4 aromatic rings. The van der Waals surface area contributed by atoms with E-state index in [0.29, 0.717) is 34.5 Å². The van der Waals surface area contributed by atoms with Crippen LogP contribution in [0.4, 0.5) is 42.5 Å². The molecule has 0 unspecified atom stereocenters. The molecule has 4 aromatic carbocycles. The van der Waals surface area contributed by atoms with Gasteiger partial charge in [0.2, 0.25) is 0 Å². The van der Waals surface area contributed by atoms with Crippen LogP contribution in [0.15, 0.2) is 89.3 Å². The van der Waals surface area contributed by atoms with Crippen LogP contribution >= 0.6 is 0 Å². The minimum atomic E-state index is -4.38. The van der Waals surface area contributed by atoms with Crippen LogP contribution in [0, 0.1) is 0 Å². The Morgan fingerprint density at radius 2 is 1.14 bits per heavy atom. The molecule has 3 N–H and O–H groups in total. The molecule has 0 saturated carbocycles. The molecule has 0 aliphatic carbocycles. The summed E-state index contributed by atoms with van der Waals surface area (Å²) in [5.74, 6) is 0. The molecule has 0 saturated heterocycles. The van der Waals surface area contributed by atoms with E-state index in [1.54, 1.807) is 30.3 Å². The Morgan fingerprint density at radius 1 is 0.651 bits per heavy atom. The van der Waals surface area contributed by atoms with Crippen molar-refractivity contribution in [3.63, 3.8) is 0 Å². The van der Waals surface area contributed by atoms with Crippen molar-refractivity contribution >= 4 is 33.8 Å². The van der Waals surface area contributed by atoms with Crippen LogP contribution in [0.25, 0.3) is 22.3 Å². The number of amides is 2. The van der Waals surface area contributed by atoms with Crippen LogP contribution in [0.3, 0.4) is 0 Å². The van der Waals surface area contributed by atoms with Gasteiger partial charge >= 0.3 is 28.6 Å². The monoisotopic (exact) mass is 618 g/mol. The van der Waals surface area contributed by atoms with Crippen molar-refractivity contribution in [3.05, 3.63) is 107 Å². The first-order valence-electron chi connectivity index (χ1n) is 12.4. The number of urea groups is 1. The maximum atomic E-state index is 12.5. The Hall–Kier alpha value is -4.85. The molecule has 222 valence electrons. The Bertz CT molecular complexity index is 1820. The topological polar surface area (TPSA) is 99.7 Å². The normalized spacial score (nSPS) is 15.1. The molecule has 2 aliphatic heterocycles. The SMILES string of the molecule is O=C1NCc2cc(-c3ccc(C(F)(F)F)cc3)ccc2N1.O=S1(=O)N=Cc2cc(-c3ccc(C(F)(F)F)cc3)ccc2N1. The highest BCUT2D eigenvalue weighted by molar-refractivity contribution is 7.91. The fourth-order valence-corrected chi connectivity index (χ4v) is 5.09. The lowest BCUT2D eigenvalue weighted by molar-refractivity contribution is -0.138. The smallest absolute Gasteiger partial charge is 0.334 e. The zero-order chi connectivity index (χ0) is 31.0. The first-order valence-corrected chi connectivity index (χ1v) is 13.9. The van der Waals surface area contributed by atoms with Gasteiger partial charge in [-0.25, -0.2) is 4.79 Å². The van der Waals surface area contributed by atoms with Gasteiger partial charge in [0.15, 0.2) is 0 Å². The number of benzene rings is 4. The van der Waals surface area contributed by atoms with Crippen LogP contribution in [0.2, 0.25) is 0 Å². The fourth-order valence-electron chi connectivity index (χ4n) is 4.32. The van der Waals surface area contributed by atoms with Gasteiger partial charge in [-0.3, -0.25) is 4.72 Å². The van der Waals surface area contributed by atoms with Gasteiger partial charge in [-0.1, -0.05) is 36.4 Å². The van der Waals surface area contributed by atoms with E-state index in [4.69, 9.17) is 0 Å². The summed E-state index contributed by atoms with van der Waals surface area (Å²) in [6, 6.07) is 19.7. The molecule has 2 amide bonds. The summed E-state index contributed by atoms with van der Waals surface area (Å²) in [5, 5.41) is 5.32. The highest BCUT2D eigenvalue weighted by Crippen LogP contribution is 2.34. The summed E-state index contributed by atoms with van der Waals surface area (Å²) in [7, 11) is -3.70. The Morgan fingerprint density at radius 3 is 1.67 bits per heavy atom. The van der Waals surface area contributed by atoms with Crippen LogP contribution < -0.4 is 15.4 Å². The quantitative estimate of drug-likeness (QED) is 0.203. The maximum Gasteiger partial charge on any atom is 0.416 e. The summed E-state index contributed by atoms with van der Waals surface area (Å²) in [6.07, 6.45) is -7.50. The van der Waals surface area contributed by atoms with Gasteiger partial charge in [0.1, 0.15) is 0 Å². The minimum Gasteiger partial charge on any atom is -0.334 e. The second-order valence-corrected chi connectivity index (χ2v) is 10.8. The molecule has 2 aliphatic rings. The molecule has 0 aromatic heterocycles. The molecule has 0 spiro atoms. The van der Waals surface area contributed by atoms with E-state index in [-0.39, 0.29) is 6.03 Å². The van der Waals surface area contributed by atoms with Crippen molar-refractivity contribution in [1.29, 1.82) is 0 Å². The Balaban J connectivity index is 0.000000171. The van der Waals surface area contributed by atoms with Crippen molar-refractivity contribution in [3.8, 4) is 22.3 Å². The van der Waals surface area contributed by atoms with Crippen LogP contribution in [0.1, 0.15) is 22.3 Å². The number of rotatable bonds is 2. The lowest BCUT2D eigenvalue weighted by Gasteiger charge is -2.19. The van der Waals surface area contributed by atoms with Crippen LogP contribution in [0.5, 0.6) is 0 Å². The van der Waals surface area contributed by atoms with Crippen LogP contribution in [-0.2, 0) is 29.1 Å². The molecular weight excluding hydrogens is 598 g/mol. The fraction of sp³-hybridized carbons (Fsp3) is 0.103. The molecule has 14 heteroatoms. The van der Waals surface area contributed by atoms with Crippen molar-refractivity contribution in [2.45, 2.75) is 18.9 Å². The molecule has 0 radical (unpaired) electrons. The van der Waals surface area contributed by atoms with E-state index in [9.17, 15) is 39.6 Å². The molecule has 6 rings (SSSR count). The predicted octanol–water partition coefficient (Wildman–Crippen LogP) is 7.47. The number of hydrogen-bond acceptors (Lipinski definition) is 3. The summed E-state index contributed by atoms with van der Waals surface area (Å²) >= 11 is 0.